The molecule has 0 saturated carbocycles. The third kappa shape index (κ3) is 9.91. The molecule has 0 amide bonds. The summed E-state index contributed by atoms with van der Waals surface area (Å²) < 4.78 is 0. The summed E-state index contributed by atoms with van der Waals surface area (Å²) in [5, 5.41) is 10.1. The molecule has 13 heavy (non-hydrogen) atoms. The molecular weight excluding hydrogens is 204 g/mol. The number of carboxylic acids is 1. The average Bonchev–Trinajstić information content (AvgIpc) is 1.90. The summed E-state index contributed by atoms with van der Waals surface area (Å²) in [6, 6.07) is 8.06. The molecule has 1 rings (SSSR count). The maximum absolute atomic E-state index is 10.1. The Morgan fingerprint density at radius 3 is 1.62 bits per heavy atom. The van der Waals surface area contributed by atoms with Gasteiger partial charge in [-0.15, -0.1) is 0 Å². The molecule has 0 aliphatic rings. The molecule has 0 N–H and O–H groups in total. The number of carbonyl (C=O) groups excluding carboxylic acids is 1. The number of halogens is 1. The summed E-state index contributed by atoms with van der Waals surface area (Å²) in [6.07, 6.45) is 0. The third-order valence-electron chi connectivity index (χ3n) is 1.01. The smallest absolute Gasteiger partial charge is 1.00 e. The van der Waals surface area contributed by atoms with Gasteiger partial charge in [-0.2, -0.15) is 0 Å². The van der Waals surface area contributed by atoms with Crippen LogP contribution >= 0.6 is 0 Å². The van der Waals surface area contributed by atoms with Crippen molar-refractivity contribution >= 4 is 5.97 Å². The summed E-state index contributed by atoms with van der Waals surface area (Å²) in [5.41, 5.74) is 0.220. The van der Waals surface area contributed by atoms with Gasteiger partial charge in [-0.05, 0) is 5.56 Å². The minimum Gasteiger partial charge on any atom is -1.00 e. The molecule has 1 aromatic rings. The predicted molar refractivity (Wildman–Crippen MR) is 30.8 cm³/mol. The number of hydrogen-bond acceptors (Lipinski definition) is 2. The van der Waals surface area contributed by atoms with Crippen molar-refractivity contribution in [2.45, 2.75) is 0 Å². The first-order chi connectivity index (χ1) is 4.30. The molecule has 0 aromatic heterocycles. The van der Waals surface area contributed by atoms with Gasteiger partial charge >= 0.3 is 88.7 Å². The van der Waals surface area contributed by atoms with Crippen molar-refractivity contribution in [1.29, 1.82) is 0 Å². The topological polar surface area (TPSA) is 40.1 Å². The van der Waals surface area contributed by atoms with Crippen LogP contribution in [-0.4, -0.2) is 5.97 Å². The zero-order valence-electron chi connectivity index (χ0n) is 8.08. The zero-order valence-corrected chi connectivity index (χ0v) is 14.1. The summed E-state index contributed by atoms with van der Waals surface area (Å²) in [7, 11) is 0. The maximum Gasteiger partial charge on any atom is 1.00 e. The van der Waals surface area contributed by atoms with Gasteiger partial charge in [-0.1, -0.05) is 30.3 Å². The molecule has 0 radical (unpaired) electrons. The van der Waals surface area contributed by atoms with Crippen LogP contribution in [0.15, 0.2) is 30.3 Å². The fraction of sp³-hybridized carbons (Fsp3) is 0. The van der Waals surface area contributed by atoms with Crippen LogP contribution < -0.4 is 98.5 Å². The average molecular weight is 209 g/mol. The quantitative estimate of drug-likeness (QED) is 0.431. The fourth-order valence-electron chi connectivity index (χ4n) is 0.574. The normalized spacial score (nSPS) is 6.15. The summed E-state index contributed by atoms with van der Waals surface area (Å²) in [5.74, 6) is -1.13. The van der Waals surface area contributed by atoms with Crippen LogP contribution in [0.3, 0.4) is 0 Å². The number of carboxylic acid groups (broad SMARTS) is 1. The second-order valence-electron chi connectivity index (χ2n) is 1.65. The van der Waals surface area contributed by atoms with Crippen molar-refractivity contribution in [3.8, 4) is 0 Å². The van der Waals surface area contributed by atoms with E-state index in [1.165, 1.54) is 12.1 Å². The minimum atomic E-state index is -1.13. The number of carbonyl (C=O) groups is 1. The Hall–Kier alpha value is 1.62. The van der Waals surface area contributed by atoms with Gasteiger partial charge in [-0.3, -0.25) is 0 Å². The van der Waals surface area contributed by atoms with Crippen LogP contribution in [0, 0.1) is 0 Å². The number of hydrogen-bond donors (Lipinski definition) is 0. The second-order valence-corrected chi connectivity index (χ2v) is 1.65. The van der Waals surface area contributed by atoms with Crippen LogP contribution in [0.1, 0.15) is 10.4 Å². The van der Waals surface area contributed by atoms with Gasteiger partial charge in [-0.25, -0.2) is 0 Å². The van der Waals surface area contributed by atoms with E-state index >= 15 is 0 Å². The molecule has 0 heterocycles. The monoisotopic (exact) mass is 209 g/mol. The van der Waals surface area contributed by atoms with E-state index in [1.54, 1.807) is 18.2 Å². The van der Waals surface area contributed by atoms with Crippen molar-refractivity contribution in [3.05, 3.63) is 35.9 Å². The molecule has 2 nitrogen and oxygen atoms in total. The van der Waals surface area contributed by atoms with E-state index in [0.29, 0.717) is 0 Å². The summed E-state index contributed by atoms with van der Waals surface area (Å²) in [6.45, 7) is 0. The zero-order chi connectivity index (χ0) is 6.69. The van der Waals surface area contributed by atoms with E-state index in [-0.39, 0.29) is 98.9 Å². The first-order valence-corrected chi connectivity index (χ1v) is 2.57. The molecule has 0 aliphatic carbocycles. The fourth-order valence-corrected chi connectivity index (χ4v) is 0.574. The Morgan fingerprint density at radius 2 is 1.38 bits per heavy atom. The van der Waals surface area contributed by atoms with Crippen LogP contribution in [0.2, 0.25) is 0 Å². The van der Waals surface area contributed by atoms with E-state index in [9.17, 15) is 9.90 Å². The molecule has 0 saturated heterocycles. The molecule has 54 valence electrons. The minimum absolute atomic E-state index is 0. The first-order valence-electron chi connectivity index (χ1n) is 2.57. The van der Waals surface area contributed by atoms with Gasteiger partial charge in [0, 0.05) is 0 Å². The van der Waals surface area contributed by atoms with E-state index in [1.807, 2.05) is 0 Å². The number of rotatable bonds is 1. The molecular formula is C7H5FNa3O2+. The number of aromatic carboxylic acids is 1. The molecule has 0 atom stereocenters. The molecule has 0 aliphatic heterocycles. The molecule has 0 bridgehead atoms. The predicted octanol–water partition coefficient (Wildman–Crippen LogP) is -11.9. The number of benzene rings is 1. The third-order valence-corrected chi connectivity index (χ3v) is 1.01. The van der Waals surface area contributed by atoms with Crippen molar-refractivity contribution in [2.75, 3.05) is 0 Å². The van der Waals surface area contributed by atoms with Crippen molar-refractivity contribution < 1.29 is 103 Å². The Morgan fingerprint density at radius 1 is 1.00 bits per heavy atom. The van der Waals surface area contributed by atoms with Gasteiger partial charge in [0.2, 0.25) is 0 Å². The summed E-state index contributed by atoms with van der Waals surface area (Å²) >= 11 is 0. The van der Waals surface area contributed by atoms with Crippen LogP contribution in [0.4, 0.5) is 0 Å². The molecule has 0 unspecified atom stereocenters. The largest absolute Gasteiger partial charge is 1.00 e. The molecule has 6 heteroatoms. The van der Waals surface area contributed by atoms with E-state index in [2.05, 4.69) is 0 Å². The van der Waals surface area contributed by atoms with Crippen molar-refractivity contribution in [2.24, 2.45) is 0 Å². The molecule has 0 spiro atoms. The standard InChI is InChI=1S/C7H6O2.FH.3Na/c8-7(9)6-4-2-1-3-5-6;;;;/h1-5H,(H,8,9);1H;;;/q;;3*+1/p-2. The van der Waals surface area contributed by atoms with Gasteiger partial charge in [0.15, 0.2) is 0 Å². The van der Waals surface area contributed by atoms with Crippen LogP contribution in [0.5, 0.6) is 0 Å². The van der Waals surface area contributed by atoms with Crippen molar-refractivity contribution in [3.63, 3.8) is 0 Å². The van der Waals surface area contributed by atoms with E-state index in [0.717, 1.165) is 0 Å². The van der Waals surface area contributed by atoms with Crippen LogP contribution in [-0.2, 0) is 0 Å². The van der Waals surface area contributed by atoms with Gasteiger partial charge in [0.05, 0.1) is 5.97 Å². The van der Waals surface area contributed by atoms with E-state index < -0.39 is 5.97 Å². The molecule has 0 fully saturated rings. The van der Waals surface area contributed by atoms with Crippen molar-refractivity contribution in [1.82, 2.24) is 0 Å². The van der Waals surface area contributed by atoms with Gasteiger partial charge in [0.1, 0.15) is 0 Å². The Labute approximate surface area is 143 Å². The van der Waals surface area contributed by atoms with E-state index in [4.69, 9.17) is 0 Å². The Kier molecular flexibility index (Phi) is 25.2. The molecule has 1 aromatic carbocycles. The SMILES string of the molecule is O=C([O-])c1ccccc1.[F-].[Na+].[Na+].[Na+]. The Bertz CT molecular complexity index is 218. The second kappa shape index (κ2) is 13.6. The first kappa shape index (κ1) is 24.0. The maximum atomic E-state index is 10.1. The van der Waals surface area contributed by atoms with Gasteiger partial charge < -0.3 is 14.6 Å². The summed E-state index contributed by atoms with van der Waals surface area (Å²) in [4.78, 5) is 10.1. The van der Waals surface area contributed by atoms with Crippen LogP contribution in [0.25, 0.3) is 0 Å². The Balaban J connectivity index is -0.000000101. The van der Waals surface area contributed by atoms with Gasteiger partial charge in [0.25, 0.3) is 0 Å².